The molecular weight excluding hydrogens is 132 g/mol. The van der Waals surface area contributed by atoms with Crippen molar-refractivity contribution in [3.8, 4) is 0 Å². The van der Waals surface area contributed by atoms with Gasteiger partial charge in [0.2, 0.25) is 9.04 Å². The second-order valence-electron chi connectivity index (χ2n) is 1.66. The van der Waals surface area contributed by atoms with Gasteiger partial charge in [0.15, 0.2) is 0 Å². The largest absolute Gasteiger partial charge is 0.523 e. The second kappa shape index (κ2) is 7.43. The quantitative estimate of drug-likeness (QED) is 0.412. The van der Waals surface area contributed by atoms with Crippen LogP contribution in [0, 0.1) is 0 Å². The van der Waals surface area contributed by atoms with Gasteiger partial charge in [0.1, 0.15) is 0 Å². The highest BCUT2D eigenvalue weighted by Crippen LogP contribution is 1.81. The Kier molecular flexibility index (Phi) is 9.29. The summed E-state index contributed by atoms with van der Waals surface area (Å²) in [5.41, 5.74) is 0. The molecule has 0 radical (unpaired) electrons. The van der Waals surface area contributed by atoms with Gasteiger partial charge in [-0.3, -0.25) is 4.79 Å². The molecule has 0 heterocycles. The van der Waals surface area contributed by atoms with E-state index in [1.54, 1.807) is 0 Å². The van der Waals surface area contributed by atoms with Gasteiger partial charge in [-0.15, -0.1) is 13.2 Å². The van der Waals surface area contributed by atoms with E-state index >= 15 is 0 Å². The lowest BCUT2D eigenvalue weighted by atomic mass is 10.9. The van der Waals surface area contributed by atoms with Gasteiger partial charge in [0.25, 0.3) is 5.97 Å². The Bertz CT molecular complexity index is 81.1. The van der Waals surface area contributed by atoms with Gasteiger partial charge < -0.3 is 4.43 Å². The van der Waals surface area contributed by atoms with Crippen molar-refractivity contribution in [2.45, 2.75) is 20.0 Å². The third-order valence-electron chi connectivity index (χ3n) is 0.402. The van der Waals surface area contributed by atoms with E-state index in [4.69, 9.17) is 4.43 Å². The normalized spacial score (nSPS) is 7.56. The molecule has 0 bridgehead atoms. The number of hydrogen-bond donors (Lipinski definition) is 0. The smallest absolute Gasteiger partial charge is 0.289 e. The van der Waals surface area contributed by atoms with Crippen LogP contribution in [0.1, 0.15) is 6.92 Å². The predicted molar refractivity (Wildman–Crippen MR) is 41.9 cm³/mol. The first-order valence-electron chi connectivity index (χ1n) is 2.80. The van der Waals surface area contributed by atoms with Crippen molar-refractivity contribution >= 4 is 15.0 Å². The molecule has 0 aliphatic heterocycles. The molecular formula is C6H14O2Si. The predicted octanol–water partition coefficient (Wildman–Crippen LogP) is 1.34. The van der Waals surface area contributed by atoms with E-state index in [2.05, 4.69) is 13.2 Å². The maximum atomic E-state index is 10.1. The molecule has 0 atom stereocenters. The average molecular weight is 146 g/mol. The second-order valence-corrected chi connectivity index (χ2v) is 3.99. The summed E-state index contributed by atoms with van der Waals surface area (Å²) in [4.78, 5) is 10.1. The summed E-state index contributed by atoms with van der Waals surface area (Å²) < 4.78 is 4.75. The van der Waals surface area contributed by atoms with Crippen molar-refractivity contribution in [3.63, 3.8) is 0 Å². The zero-order chi connectivity index (χ0) is 7.86. The molecule has 0 N–H and O–H groups in total. The minimum Gasteiger partial charge on any atom is -0.523 e. The zero-order valence-electron chi connectivity index (χ0n) is 6.31. The molecule has 0 rings (SSSR count). The monoisotopic (exact) mass is 146 g/mol. The molecule has 54 valence electrons. The van der Waals surface area contributed by atoms with Crippen LogP contribution in [0.2, 0.25) is 13.1 Å². The number of hydrogen-bond acceptors (Lipinski definition) is 2. The van der Waals surface area contributed by atoms with Crippen LogP contribution in [0.3, 0.4) is 0 Å². The van der Waals surface area contributed by atoms with Crippen LogP contribution in [-0.2, 0) is 9.22 Å². The van der Waals surface area contributed by atoms with Gasteiger partial charge in [-0.25, -0.2) is 0 Å². The van der Waals surface area contributed by atoms with Crippen molar-refractivity contribution in [2.75, 3.05) is 0 Å². The summed E-state index contributed by atoms with van der Waals surface area (Å²) in [5.74, 6) is -0.151. The Morgan fingerprint density at radius 1 is 1.44 bits per heavy atom. The molecule has 0 amide bonds. The van der Waals surface area contributed by atoms with Gasteiger partial charge in [-0.2, -0.15) is 0 Å². The third-order valence-corrected chi connectivity index (χ3v) is 1.20. The molecule has 0 aliphatic rings. The number of carbonyl (C=O) groups is 1. The van der Waals surface area contributed by atoms with Gasteiger partial charge in [-0.05, 0) is 13.1 Å². The Labute approximate surface area is 58.3 Å². The fourth-order valence-electron chi connectivity index (χ4n) is 0.332. The summed E-state index contributed by atoms with van der Waals surface area (Å²) in [7, 11) is -1.08. The Hall–Kier alpha value is -0.573. The van der Waals surface area contributed by atoms with Gasteiger partial charge in [0.05, 0.1) is 0 Å². The van der Waals surface area contributed by atoms with Crippen LogP contribution in [-0.4, -0.2) is 15.0 Å². The van der Waals surface area contributed by atoms with Gasteiger partial charge in [0, 0.05) is 6.92 Å². The fourth-order valence-corrected chi connectivity index (χ4v) is 0.996. The minimum atomic E-state index is -1.08. The summed E-state index contributed by atoms with van der Waals surface area (Å²) in [6.45, 7) is 11.4. The summed E-state index contributed by atoms with van der Waals surface area (Å²) in [6.07, 6.45) is 0. The lowest BCUT2D eigenvalue weighted by Crippen LogP contribution is -2.11. The first kappa shape index (κ1) is 11.3. The molecule has 0 saturated carbocycles. The lowest BCUT2D eigenvalue weighted by Gasteiger charge is -2.00. The highest BCUT2D eigenvalue weighted by molar-refractivity contribution is 6.50. The first-order chi connectivity index (χ1) is 4.13. The average Bonchev–Trinajstić information content (AvgIpc) is 1.68. The lowest BCUT2D eigenvalue weighted by molar-refractivity contribution is -0.132. The summed E-state index contributed by atoms with van der Waals surface area (Å²) in [5, 5.41) is 0. The Morgan fingerprint density at radius 3 is 1.78 bits per heavy atom. The van der Waals surface area contributed by atoms with Crippen LogP contribution in [0.25, 0.3) is 0 Å². The molecule has 2 nitrogen and oxygen atoms in total. The molecule has 0 aromatic carbocycles. The van der Waals surface area contributed by atoms with E-state index in [0.29, 0.717) is 0 Å². The maximum absolute atomic E-state index is 10.1. The van der Waals surface area contributed by atoms with Gasteiger partial charge >= 0.3 is 0 Å². The fraction of sp³-hybridized carbons (Fsp3) is 0.500. The van der Waals surface area contributed by atoms with Crippen LogP contribution in [0.4, 0.5) is 0 Å². The standard InChI is InChI=1S/C4H10O2Si.C2H4/c1-4(5)6-7(2)3;1-2/h7H,1-3H3;1-2H2. The van der Waals surface area contributed by atoms with Crippen LogP contribution < -0.4 is 0 Å². The minimum absolute atomic E-state index is 0.151. The van der Waals surface area contributed by atoms with E-state index in [1.165, 1.54) is 6.92 Å². The molecule has 0 spiro atoms. The van der Waals surface area contributed by atoms with E-state index in [-0.39, 0.29) is 5.97 Å². The molecule has 0 aromatic rings. The zero-order valence-corrected chi connectivity index (χ0v) is 7.46. The maximum Gasteiger partial charge on any atom is 0.289 e. The topological polar surface area (TPSA) is 26.3 Å². The SMILES string of the molecule is C=C.CC(=O)O[SiH](C)C. The highest BCUT2D eigenvalue weighted by Gasteiger charge is 1.96. The highest BCUT2D eigenvalue weighted by atomic mass is 28.3. The third kappa shape index (κ3) is 18.6. The van der Waals surface area contributed by atoms with E-state index in [1.807, 2.05) is 13.1 Å². The van der Waals surface area contributed by atoms with Crippen LogP contribution >= 0.6 is 0 Å². The molecule has 9 heavy (non-hydrogen) atoms. The van der Waals surface area contributed by atoms with Crippen molar-refractivity contribution < 1.29 is 9.22 Å². The van der Waals surface area contributed by atoms with Crippen LogP contribution in [0.15, 0.2) is 13.2 Å². The van der Waals surface area contributed by atoms with E-state index < -0.39 is 9.04 Å². The van der Waals surface area contributed by atoms with E-state index in [0.717, 1.165) is 0 Å². The van der Waals surface area contributed by atoms with Crippen molar-refractivity contribution in [2.24, 2.45) is 0 Å². The summed E-state index contributed by atoms with van der Waals surface area (Å²) in [6, 6.07) is 0. The Balaban J connectivity index is 0. The molecule has 0 unspecified atom stereocenters. The molecule has 3 heteroatoms. The van der Waals surface area contributed by atoms with E-state index in [9.17, 15) is 4.79 Å². The van der Waals surface area contributed by atoms with Crippen molar-refractivity contribution in [3.05, 3.63) is 13.2 Å². The molecule has 0 saturated heterocycles. The van der Waals surface area contributed by atoms with Crippen LogP contribution in [0.5, 0.6) is 0 Å². The van der Waals surface area contributed by atoms with Crippen molar-refractivity contribution in [1.29, 1.82) is 0 Å². The Morgan fingerprint density at radius 2 is 1.78 bits per heavy atom. The first-order valence-corrected chi connectivity index (χ1v) is 5.58. The van der Waals surface area contributed by atoms with Crippen molar-refractivity contribution in [1.82, 2.24) is 0 Å². The summed E-state index contributed by atoms with van der Waals surface area (Å²) >= 11 is 0. The number of rotatable bonds is 1. The van der Waals surface area contributed by atoms with Gasteiger partial charge in [-0.1, -0.05) is 0 Å². The molecule has 0 aliphatic carbocycles. The number of carbonyl (C=O) groups excluding carboxylic acids is 1. The molecule has 0 fully saturated rings. The molecule has 0 aromatic heterocycles.